The largest absolute Gasteiger partial charge is 0.484 e. The zero-order chi connectivity index (χ0) is 16.9. The molecule has 0 saturated heterocycles. The molecule has 0 atom stereocenters. The molecule has 0 fully saturated rings. The van der Waals surface area contributed by atoms with E-state index in [4.69, 9.17) is 20.9 Å². The fourth-order valence-electron chi connectivity index (χ4n) is 1.89. The van der Waals surface area contributed by atoms with Crippen LogP contribution in [0.2, 0.25) is 5.02 Å². The third-order valence-electron chi connectivity index (χ3n) is 3.04. The van der Waals surface area contributed by atoms with Crippen molar-refractivity contribution in [3.8, 4) is 16.5 Å². The predicted molar refractivity (Wildman–Crippen MR) is 90.9 cm³/mol. The predicted octanol–water partition coefficient (Wildman–Crippen LogP) is 3.67. The second-order valence-corrected chi connectivity index (χ2v) is 6.53. The Hall–Kier alpha value is -2.38. The van der Waals surface area contributed by atoms with Crippen LogP contribution in [0, 0.1) is 0 Å². The molecule has 0 radical (unpaired) electrons. The number of thiophene rings is 1. The molecule has 1 amide bonds. The standard InChI is InChI=1S/C16H14ClN3O3S/c1-10(21)18-8-13-6-7-14(24-13)16-19-15(23-20-16)9-22-12-4-2-11(17)3-5-12/h2-7H,8-9H2,1H3,(H,18,21). The van der Waals surface area contributed by atoms with Crippen LogP contribution < -0.4 is 10.1 Å². The fourth-order valence-corrected chi connectivity index (χ4v) is 2.89. The van der Waals surface area contributed by atoms with E-state index in [1.165, 1.54) is 18.3 Å². The second kappa shape index (κ2) is 7.46. The van der Waals surface area contributed by atoms with Crippen LogP contribution in [0.15, 0.2) is 40.9 Å². The van der Waals surface area contributed by atoms with Crippen molar-refractivity contribution >= 4 is 28.8 Å². The Labute approximate surface area is 147 Å². The number of amides is 1. The van der Waals surface area contributed by atoms with E-state index in [1.54, 1.807) is 24.3 Å². The lowest BCUT2D eigenvalue weighted by atomic mass is 10.3. The lowest BCUT2D eigenvalue weighted by Gasteiger charge is -2.02. The monoisotopic (exact) mass is 363 g/mol. The second-order valence-electron chi connectivity index (χ2n) is 4.93. The number of benzene rings is 1. The summed E-state index contributed by atoms with van der Waals surface area (Å²) in [4.78, 5) is 17.1. The number of hydrogen-bond donors (Lipinski definition) is 1. The summed E-state index contributed by atoms with van der Waals surface area (Å²) >= 11 is 7.33. The van der Waals surface area contributed by atoms with E-state index in [0.717, 1.165) is 9.75 Å². The Bertz CT molecular complexity index is 829. The summed E-state index contributed by atoms with van der Waals surface area (Å²) in [5.74, 6) is 1.50. The first kappa shape index (κ1) is 16.5. The first-order valence-corrected chi connectivity index (χ1v) is 8.34. The number of hydrogen-bond acceptors (Lipinski definition) is 6. The smallest absolute Gasteiger partial charge is 0.264 e. The lowest BCUT2D eigenvalue weighted by molar-refractivity contribution is -0.119. The Morgan fingerprint density at radius 1 is 1.29 bits per heavy atom. The maximum absolute atomic E-state index is 10.9. The Balaban J connectivity index is 1.60. The van der Waals surface area contributed by atoms with Gasteiger partial charge in [0.05, 0.1) is 11.4 Å². The molecule has 0 aliphatic rings. The maximum Gasteiger partial charge on any atom is 0.264 e. The van der Waals surface area contributed by atoms with Gasteiger partial charge in [-0.15, -0.1) is 11.3 Å². The normalized spacial score (nSPS) is 10.6. The summed E-state index contributed by atoms with van der Waals surface area (Å²) in [5, 5.41) is 7.36. The van der Waals surface area contributed by atoms with Gasteiger partial charge in [0, 0.05) is 16.8 Å². The van der Waals surface area contributed by atoms with Crippen molar-refractivity contribution in [2.24, 2.45) is 0 Å². The third kappa shape index (κ3) is 4.33. The molecule has 1 N–H and O–H groups in total. The number of carbonyl (C=O) groups is 1. The van der Waals surface area contributed by atoms with Gasteiger partial charge in [-0.2, -0.15) is 4.98 Å². The number of halogens is 1. The Kier molecular flexibility index (Phi) is 5.12. The average Bonchev–Trinajstić information content (AvgIpc) is 3.21. The van der Waals surface area contributed by atoms with Crippen molar-refractivity contribution < 1.29 is 14.1 Å². The number of aromatic nitrogens is 2. The van der Waals surface area contributed by atoms with Crippen LogP contribution >= 0.6 is 22.9 Å². The molecular weight excluding hydrogens is 350 g/mol. The number of ether oxygens (including phenoxy) is 1. The van der Waals surface area contributed by atoms with Crippen LogP contribution in [0.5, 0.6) is 5.75 Å². The molecule has 3 aromatic rings. The zero-order valence-electron chi connectivity index (χ0n) is 12.8. The third-order valence-corrected chi connectivity index (χ3v) is 4.37. The van der Waals surface area contributed by atoms with Gasteiger partial charge in [0.1, 0.15) is 5.75 Å². The van der Waals surface area contributed by atoms with Crippen LogP contribution in [0.1, 0.15) is 17.7 Å². The number of carbonyl (C=O) groups excluding carboxylic acids is 1. The summed E-state index contributed by atoms with van der Waals surface area (Å²) in [6.45, 7) is 2.16. The van der Waals surface area contributed by atoms with E-state index in [2.05, 4.69) is 15.5 Å². The molecular formula is C16H14ClN3O3S. The van der Waals surface area contributed by atoms with Gasteiger partial charge >= 0.3 is 0 Å². The molecule has 6 nitrogen and oxygen atoms in total. The Morgan fingerprint density at radius 3 is 2.83 bits per heavy atom. The quantitative estimate of drug-likeness (QED) is 0.723. The van der Waals surface area contributed by atoms with E-state index in [-0.39, 0.29) is 12.5 Å². The van der Waals surface area contributed by atoms with Gasteiger partial charge < -0.3 is 14.6 Å². The zero-order valence-corrected chi connectivity index (χ0v) is 14.4. The maximum atomic E-state index is 10.9. The molecule has 0 spiro atoms. The molecule has 0 aliphatic heterocycles. The van der Waals surface area contributed by atoms with E-state index in [1.807, 2.05) is 12.1 Å². The molecule has 124 valence electrons. The SMILES string of the molecule is CC(=O)NCc1ccc(-c2noc(COc3ccc(Cl)cc3)n2)s1. The van der Waals surface area contributed by atoms with Crippen molar-refractivity contribution in [1.82, 2.24) is 15.5 Å². The van der Waals surface area contributed by atoms with Gasteiger partial charge in [-0.1, -0.05) is 16.8 Å². The van der Waals surface area contributed by atoms with E-state index in [0.29, 0.717) is 29.0 Å². The molecule has 3 rings (SSSR count). The molecule has 8 heteroatoms. The van der Waals surface area contributed by atoms with Gasteiger partial charge in [-0.3, -0.25) is 4.79 Å². The van der Waals surface area contributed by atoms with Crippen LogP contribution in [0.25, 0.3) is 10.7 Å². The highest BCUT2D eigenvalue weighted by Crippen LogP contribution is 2.26. The lowest BCUT2D eigenvalue weighted by Crippen LogP contribution is -2.17. The van der Waals surface area contributed by atoms with Crippen molar-refractivity contribution in [2.45, 2.75) is 20.1 Å². The van der Waals surface area contributed by atoms with Crippen LogP contribution in [-0.2, 0) is 17.9 Å². The van der Waals surface area contributed by atoms with Gasteiger partial charge in [0.2, 0.25) is 11.7 Å². The van der Waals surface area contributed by atoms with Crippen LogP contribution in [0.4, 0.5) is 0 Å². The van der Waals surface area contributed by atoms with Gasteiger partial charge in [-0.05, 0) is 36.4 Å². The fraction of sp³-hybridized carbons (Fsp3) is 0.188. The highest BCUT2D eigenvalue weighted by Gasteiger charge is 2.12. The van der Waals surface area contributed by atoms with Gasteiger partial charge in [-0.25, -0.2) is 0 Å². The topological polar surface area (TPSA) is 77.2 Å². The van der Waals surface area contributed by atoms with E-state index in [9.17, 15) is 4.79 Å². The first-order chi connectivity index (χ1) is 11.6. The summed E-state index contributed by atoms with van der Waals surface area (Å²) in [6.07, 6.45) is 0. The minimum atomic E-state index is -0.0638. The molecule has 0 bridgehead atoms. The van der Waals surface area contributed by atoms with Crippen LogP contribution in [0.3, 0.4) is 0 Å². The highest BCUT2D eigenvalue weighted by molar-refractivity contribution is 7.15. The molecule has 24 heavy (non-hydrogen) atoms. The minimum absolute atomic E-state index is 0.0638. The molecule has 0 unspecified atom stereocenters. The van der Waals surface area contributed by atoms with Crippen molar-refractivity contribution in [2.75, 3.05) is 0 Å². The van der Waals surface area contributed by atoms with Crippen molar-refractivity contribution in [1.29, 1.82) is 0 Å². The van der Waals surface area contributed by atoms with E-state index >= 15 is 0 Å². The van der Waals surface area contributed by atoms with Crippen molar-refractivity contribution in [3.05, 3.63) is 52.2 Å². The van der Waals surface area contributed by atoms with Crippen LogP contribution in [-0.4, -0.2) is 16.0 Å². The number of nitrogens with zero attached hydrogens (tertiary/aromatic N) is 2. The first-order valence-electron chi connectivity index (χ1n) is 7.14. The highest BCUT2D eigenvalue weighted by atomic mass is 35.5. The molecule has 2 aromatic heterocycles. The minimum Gasteiger partial charge on any atom is -0.484 e. The summed E-state index contributed by atoms with van der Waals surface area (Å²) in [7, 11) is 0. The molecule has 0 saturated carbocycles. The number of nitrogens with one attached hydrogen (secondary N) is 1. The summed E-state index contributed by atoms with van der Waals surface area (Å²) < 4.78 is 10.8. The molecule has 1 aromatic carbocycles. The van der Waals surface area contributed by atoms with E-state index < -0.39 is 0 Å². The number of rotatable bonds is 6. The van der Waals surface area contributed by atoms with Crippen molar-refractivity contribution in [3.63, 3.8) is 0 Å². The van der Waals surface area contributed by atoms with Gasteiger partial charge in [0.25, 0.3) is 5.89 Å². The van der Waals surface area contributed by atoms with Gasteiger partial charge in [0.15, 0.2) is 6.61 Å². The average molecular weight is 364 g/mol. The summed E-state index contributed by atoms with van der Waals surface area (Å²) in [6, 6.07) is 10.9. The molecule has 2 heterocycles. The Morgan fingerprint density at radius 2 is 2.08 bits per heavy atom. The molecule has 0 aliphatic carbocycles. The summed E-state index contributed by atoms with van der Waals surface area (Å²) in [5.41, 5.74) is 0.